The summed E-state index contributed by atoms with van der Waals surface area (Å²) in [5, 5.41) is 2.65. The van der Waals surface area contributed by atoms with Gasteiger partial charge in [-0.2, -0.15) is 0 Å². The Balaban J connectivity index is 1.34. The fraction of sp³-hybridized carbons (Fsp3) is 0.400. The third kappa shape index (κ3) is 5.20. The molecule has 0 saturated carbocycles. The number of nitrogens with zero attached hydrogens (tertiary/aromatic N) is 1. The summed E-state index contributed by atoms with van der Waals surface area (Å²) < 4.78 is 28.1. The molecule has 6 nitrogen and oxygen atoms in total. The number of benzene rings is 2. The minimum atomic E-state index is -0.918. The molecule has 3 atom stereocenters. The number of ketones is 1. The van der Waals surface area contributed by atoms with Crippen LogP contribution in [0.2, 0.25) is 0 Å². The van der Waals surface area contributed by atoms with Crippen LogP contribution in [-0.2, 0) is 16.0 Å². The second kappa shape index (κ2) is 10.3. The molecule has 2 aromatic carbocycles. The Labute approximate surface area is 205 Å². The van der Waals surface area contributed by atoms with Gasteiger partial charge >= 0.3 is 0 Å². The van der Waals surface area contributed by atoms with Crippen LogP contribution in [0.3, 0.4) is 0 Å². The number of nitrogens with one attached hydrogen (secondary N) is 1. The van der Waals surface area contributed by atoms with Gasteiger partial charge in [-0.25, -0.2) is 8.78 Å². The van der Waals surface area contributed by atoms with Gasteiger partial charge in [0.25, 0.3) is 0 Å². The Hall–Kier alpha value is -2.65. The van der Waals surface area contributed by atoms with Gasteiger partial charge in [0.1, 0.15) is 6.04 Å². The predicted molar refractivity (Wildman–Crippen MR) is 126 cm³/mol. The number of carbonyl (C=O) groups is 3. The van der Waals surface area contributed by atoms with Crippen LogP contribution in [-0.4, -0.2) is 47.7 Å². The van der Waals surface area contributed by atoms with Gasteiger partial charge in [-0.05, 0) is 61.1 Å². The van der Waals surface area contributed by atoms with E-state index in [0.29, 0.717) is 43.4 Å². The van der Waals surface area contributed by atoms with Crippen molar-refractivity contribution in [2.45, 2.75) is 50.1 Å². The maximum atomic E-state index is 13.8. The van der Waals surface area contributed by atoms with Crippen molar-refractivity contribution in [3.63, 3.8) is 0 Å². The fourth-order valence-electron chi connectivity index (χ4n) is 4.90. The van der Waals surface area contributed by atoms with Crippen molar-refractivity contribution in [2.75, 3.05) is 13.1 Å². The van der Waals surface area contributed by atoms with E-state index in [9.17, 15) is 23.2 Å². The molecule has 4 rings (SSSR count). The Kier molecular flexibility index (Phi) is 7.42. The molecule has 0 aromatic heterocycles. The summed E-state index contributed by atoms with van der Waals surface area (Å²) in [5.74, 6) is -2.88. The summed E-state index contributed by atoms with van der Waals surface area (Å²) in [7, 11) is 0. The molecule has 3 N–H and O–H groups in total. The van der Waals surface area contributed by atoms with E-state index < -0.39 is 23.7 Å². The van der Waals surface area contributed by atoms with Crippen LogP contribution in [0.25, 0.3) is 0 Å². The largest absolute Gasteiger partial charge is 0.347 e. The van der Waals surface area contributed by atoms with Crippen LogP contribution in [0.1, 0.15) is 53.1 Å². The van der Waals surface area contributed by atoms with Crippen LogP contribution in [0.4, 0.5) is 8.78 Å². The number of Topliss-reactive ketones (excluding diaryl/α,β-unsaturated/α-hetero) is 1. The molecule has 2 aliphatic rings. The molecule has 180 valence electrons. The number of likely N-dealkylation sites (tertiary alicyclic amines) is 1. The predicted octanol–water partition coefficient (Wildman–Crippen LogP) is 3.46. The van der Waals surface area contributed by atoms with Crippen molar-refractivity contribution in [1.29, 1.82) is 0 Å². The minimum absolute atomic E-state index is 0.00467. The number of fused-ring (bicyclic) bond motifs is 1. The van der Waals surface area contributed by atoms with Gasteiger partial charge in [-0.3, -0.25) is 14.4 Å². The maximum Gasteiger partial charge on any atom is 0.243 e. The highest BCUT2D eigenvalue weighted by Gasteiger charge is 2.37. The number of rotatable bonds is 7. The zero-order valence-corrected chi connectivity index (χ0v) is 20.1. The number of aryl methyl sites for hydroxylation is 1. The fourth-order valence-corrected chi connectivity index (χ4v) is 5.16. The third-order valence-corrected chi connectivity index (χ3v) is 7.23. The first-order chi connectivity index (χ1) is 16.2. The van der Waals surface area contributed by atoms with Crippen LogP contribution in [0.15, 0.2) is 40.9 Å². The van der Waals surface area contributed by atoms with Crippen molar-refractivity contribution in [1.82, 2.24) is 10.2 Å². The molecule has 1 fully saturated rings. The third-order valence-electron chi connectivity index (χ3n) is 6.70. The average Bonchev–Trinajstić information content (AvgIpc) is 3.45. The van der Waals surface area contributed by atoms with Crippen molar-refractivity contribution in [3.8, 4) is 0 Å². The lowest BCUT2D eigenvalue weighted by atomic mass is 9.91. The summed E-state index contributed by atoms with van der Waals surface area (Å²) in [5.41, 5.74) is 8.20. The summed E-state index contributed by atoms with van der Waals surface area (Å²) in [4.78, 5) is 39.6. The standard InChI is InChI=1S/C25H26BrF2N3O3/c26-16-6-3-14(4-7-16)23(32)13-30-25(34)22-2-1-9-31(22)24(33)12-21(29)17-8-5-15-10-19(27)20(28)11-18(15)17/h3-4,6-7,10-11,17,21-22H,1-2,5,8-9,12-13,29H2,(H,30,34). The summed E-state index contributed by atoms with van der Waals surface area (Å²) in [6, 6.07) is 8.02. The van der Waals surface area contributed by atoms with Crippen LogP contribution in [0.5, 0.6) is 0 Å². The van der Waals surface area contributed by atoms with Gasteiger partial charge in [-0.15, -0.1) is 0 Å². The normalized spacial score (nSPS) is 20.2. The molecule has 1 heterocycles. The number of carbonyl (C=O) groups excluding carboxylic acids is 3. The SMILES string of the molecule is NC(CC(=O)N1CCCC1C(=O)NCC(=O)c1ccc(Br)cc1)C1CCc2cc(F)c(F)cc21. The van der Waals surface area contributed by atoms with Gasteiger partial charge < -0.3 is 16.0 Å². The van der Waals surface area contributed by atoms with E-state index >= 15 is 0 Å². The average molecular weight is 534 g/mol. The molecule has 2 aromatic rings. The Bertz CT molecular complexity index is 1110. The number of nitrogens with two attached hydrogens (primary N) is 1. The molecule has 1 aliphatic carbocycles. The van der Waals surface area contributed by atoms with E-state index in [0.717, 1.165) is 10.0 Å². The monoisotopic (exact) mass is 533 g/mol. The van der Waals surface area contributed by atoms with Gasteiger partial charge in [0.15, 0.2) is 17.4 Å². The van der Waals surface area contributed by atoms with E-state index in [-0.39, 0.29) is 36.5 Å². The number of hydrogen-bond acceptors (Lipinski definition) is 4. The molecule has 3 unspecified atom stereocenters. The number of hydrogen-bond donors (Lipinski definition) is 2. The second-order valence-corrected chi connectivity index (χ2v) is 9.79. The van der Waals surface area contributed by atoms with Crippen LogP contribution >= 0.6 is 15.9 Å². The van der Waals surface area contributed by atoms with E-state index in [1.807, 2.05) is 0 Å². The zero-order chi connectivity index (χ0) is 24.4. The van der Waals surface area contributed by atoms with Crippen LogP contribution in [0, 0.1) is 11.6 Å². The first-order valence-corrected chi connectivity index (χ1v) is 12.1. The zero-order valence-electron chi connectivity index (χ0n) is 18.5. The van der Waals surface area contributed by atoms with Gasteiger partial charge in [-0.1, -0.05) is 28.1 Å². The molecular weight excluding hydrogens is 508 g/mol. The molecule has 0 spiro atoms. The molecular formula is C25H26BrF2N3O3. The highest BCUT2D eigenvalue weighted by atomic mass is 79.9. The molecule has 0 bridgehead atoms. The molecule has 1 aliphatic heterocycles. The lowest BCUT2D eigenvalue weighted by molar-refractivity contribution is -0.138. The lowest BCUT2D eigenvalue weighted by Gasteiger charge is -2.27. The smallest absolute Gasteiger partial charge is 0.243 e. The summed E-state index contributed by atoms with van der Waals surface area (Å²) in [6.07, 6.45) is 2.40. The van der Waals surface area contributed by atoms with E-state index in [1.54, 1.807) is 24.3 Å². The van der Waals surface area contributed by atoms with Crippen molar-refractivity contribution < 1.29 is 23.2 Å². The lowest BCUT2D eigenvalue weighted by Crippen LogP contribution is -2.48. The van der Waals surface area contributed by atoms with Crippen LogP contribution < -0.4 is 11.1 Å². The number of halogens is 3. The Morgan fingerprint density at radius 1 is 1.12 bits per heavy atom. The van der Waals surface area contributed by atoms with Gasteiger partial charge in [0, 0.05) is 35.0 Å². The summed E-state index contributed by atoms with van der Waals surface area (Å²) >= 11 is 3.31. The van der Waals surface area contributed by atoms with Gasteiger partial charge in [0.05, 0.1) is 6.54 Å². The summed E-state index contributed by atoms with van der Waals surface area (Å²) in [6.45, 7) is 0.283. The molecule has 2 amide bonds. The Morgan fingerprint density at radius 3 is 2.56 bits per heavy atom. The Morgan fingerprint density at radius 2 is 1.82 bits per heavy atom. The highest BCUT2D eigenvalue weighted by molar-refractivity contribution is 9.10. The number of amides is 2. The quantitative estimate of drug-likeness (QED) is 0.533. The highest BCUT2D eigenvalue weighted by Crippen LogP contribution is 2.37. The molecule has 9 heteroatoms. The van der Waals surface area contributed by atoms with E-state index in [4.69, 9.17) is 5.73 Å². The van der Waals surface area contributed by atoms with Crippen molar-refractivity contribution in [2.24, 2.45) is 5.73 Å². The van der Waals surface area contributed by atoms with Gasteiger partial charge in [0.2, 0.25) is 11.8 Å². The second-order valence-electron chi connectivity index (χ2n) is 8.87. The van der Waals surface area contributed by atoms with Crippen molar-refractivity contribution >= 4 is 33.5 Å². The van der Waals surface area contributed by atoms with E-state index in [1.165, 1.54) is 17.0 Å². The molecule has 34 heavy (non-hydrogen) atoms. The van der Waals surface area contributed by atoms with Crippen molar-refractivity contribution in [3.05, 3.63) is 69.2 Å². The first-order valence-electron chi connectivity index (χ1n) is 11.3. The maximum absolute atomic E-state index is 13.8. The molecule has 1 saturated heterocycles. The molecule has 0 radical (unpaired) electrons. The van der Waals surface area contributed by atoms with E-state index in [2.05, 4.69) is 21.2 Å². The topological polar surface area (TPSA) is 92.5 Å². The first kappa shape index (κ1) is 24.5. The minimum Gasteiger partial charge on any atom is -0.347 e.